The van der Waals surface area contributed by atoms with Crippen molar-refractivity contribution in [2.45, 2.75) is 43.8 Å². The van der Waals surface area contributed by atoms with E-state index in [4.69, 9.17) is 4.42 Å². The predicted octanol–water partition coefficient (Wildman–Crippen LogP) is 4.44. The number of pyridine rings is 1. The van der Waals surface area contributed by atoms with Crippen LogP contribution in [0.5, 0.6) is 0 Å². The fourth-order valence-electron chi connectivity index (χ4n) is 5.08. The number of hydrogen-bond acceptors (Lipinski definition) is 4. The number of likely N-dealkylation sites (tertiary alicyclic amines) is 1. The molecule has 1 aliphatic carbocycles. The average molecular weight is 374 g/mol. The third-order valence-electron chi connectivity index (χ3n) is 6.55. The Morgan fingerprint density at radius 3 is 2.75 bits per heavy atom. The van der Waals surface area contributed by atoms with Gasteiger partial charge in [0.1, 0.15) is 5.76 Å². The Kier molecular flexibility index (Phi) is 4.75. The smallest absolute Gasteiger partial charge is 0.117 e. The summed E-state index contributed by atoms with van der Waals surface area (Å²) in [5.74, 6) is 1.00. The Bertz CT molecular complexity index is 899. The molecule has 3 aromatic rings. The first-order valence-corrected chi connectivity index (χ1v) is 10.3. The Labute approximate surface area is 166 Å². The van der Waals surface area contributed by atoms with Crippen LogP contribution in [0.2, 0.25) is 0 Å². The molecule has 0 amide bonds. The van der Waals surface area contributed by atoms with E-state index in [9.17, 15) is 0 Å². The van der Waals surface area contributed by atoms with Crippen molar-refractivity contribution < 1.29 is 4.42 Å². The summed E-state index contributed by atoms with van der Waals surface area (Å²) in [6.07, 6.45) is 9.23. The van der Waals surface area contributed by atoms with Crippen LogP contribution in [-0.2, 0) is 18.5 Å². The van der Waals surface area contributed by atoms with Crippen molar-refractivity contribution >= 4 is 0 Å². The number of furan rings is 1. The normalized spacial score (nSPS) is 21.1. The first kappa shape index (κ1) is 17.7. The van der Waals surface area contributed by atoms with E-state index in [1.807, 2.05) is 30.6 Å². The number of fused-ring (bicyclic) bond motifs is 2. The van der Waals surface area contributed by atoms with Crippen molar-refractivity contribution in [2.75, 3.05) is 13.1 Å². The summed E-state index contributed by atoms with van der Waals surface area (Å²) < 4.78 is 5.51. The molecule has 28 heavy (non-hydrogen) atoms. The quantitative estimate of drug-likeness (QED) is 0.718. The van der Waals surface area contributed by atoms with Gasteiger partial charge in [0.05, 0.1) is 12.8 Å². The summed E-state index contributed by atoms with van der Waals surface area (Å²) in [5, 5.41) is 3.75. The number of hydrogen-bond donors (Lipinski definition) is 1. The second kappa shape index (κ2) is 7.53. The molecule has 2 aliphatic rings. The zero-order chi connectivity index (χ0) is 18.8. The standard InChI is InChI=1S/C24H27N3O/c1-2-8-22-21(7-1)23(26-17-20-6-4-14-28-20)15-24(22)9-12-27(13-10-24)18-19-5-3-11-25-16-19/h1-8,11,14,16,23,26H,9-10,12-13,15,17-18H2/t23-/m1/s1. The monoisotopic (exact) mass is 373 g/mol. The Hall–Kier alpha value is -2.43. The fourth-order valence-corrected chi connectivity index (χ4v) is 5.08. The summed E-state index contributed by atoms with van der Waals surface area (Å²) >= 11 is 0. The van der Waals surface area contributed by atoms with Crippen LogP contribution in [0.1, 0.15) is 47.8 Å². The van der Waals surface area contributed by atoms with Crippen LogP contribution in [-0.4, -0.2) is 23.0 Å². The number of benzene rings is 1. The minimum atomic E-state index is 0.308. The highest BCUT2D eigenvalue weighted by atomic mass is 16.3. The number of aromatic nitrogens is 1. The van der Waals surface area contributed by atoms with Gasteiger partial charge in [-0.1, -0.05) is 30.3 Å². The molecule has 1 fully saturated rings. The lowest BCUT2D eigenvalue weighted by molar-refractivity contribution is 0.146. The van der Waals surface area contributed by atoms with Gasteiger partial charge in [0.25, 0.3) is 0 Å². The molecule has 0 saturated carbocycles. The van der Waals surface area contributed by atoms with Gasteiger partial charge in [0.2, 0.25) is 0 Å². The fraction of sp³-hybridized carbons (Fsp3) is 0.375. The number of rotatable bonds is 5. The maximum atomic E-state index is 5.51. The number of nitrogens with zero attached hydrogens (tertiary/aromatic N) is 2. The van der Waals surface area contributed by atoms with E-state index in [1.54, 1.807) is 11.8 Å². The molecule has 1 N–H and O–H groups in total. The molecule has 0 bridgehead atoms. The summed E-state index contributed by atoms with van der Waals surface area (Å²) in [6, 6.07) is 17.7. The topological polar surface area (TPSA) is 41.3 Å². The van der Waals surface area contributed by atoms with Gasteiger partial charge < -0.3 is 9.73 Å². The van der Waals surface area contributed by atoms with Gasteiger partial charge in [-0.05, 0) is 72.7 Å². The highest BCUT2D eigenvalue weighted by Crippen LogP contribution is 2.50. The molecule has 4 heteroatoms. The Morgan fingerprint density at radius 1 is 1.07 bits per heavy atom. The third kappa shape index (κ3) is 3.38. The van der Waals surface area contributed by atoms with Gasteiger partial charge in [-0.2, -0.15) is 0 Å². The van der Waals surface area contributed by atoms with Gasteiger partial charge in [-0.3, -0.25) is 9.88 Å². The highest BCUT2D eigenvalue weighted by molar-refractivity contribution is 5.42. The van der Waals surface area contributed by atoms with Gasteiger partial charge in [-0.25, -0.2) is 0 Å². The molecule has 3 heterocycles. The lowest BCUT2D eigenvalue weighted by Crippen LogP contribution is -2.41. The van der Waals surface area contributed by atoms with E-state index >= 15 is 0 Å². The van der Waals surface area contributed by atoms with Crippen molar-refractivity contribution in [3.63, 3.8) is 0 Å². The predicted molar refractivity (Wildman–Crippen MR) is 110 cm³/mol. The molecule has 1 saturated heterocycles. The molecule has 2 aromatic heterocycles. The SMILES string of the molecule is c1cncc(CN2CCC3(CC2)C[C@@H](NCc2ccco2)c2ccccc23)c1. The van der Waals surface area contributed by atoms with Crippen molar-refractivity contribution in [2.24, 2.45) is 0 Å². The first-order valence-electron chi connectivity index (χ1n) is 10.3. The molecule has 1 atom stereocenters. The molecule has 0 radical (unpaired) electrons. The summed E-state index contributed by atoms with van der Waals surface area (Å²) in [7, 11) is 0. The molecule has 1 aliphatic heterocycles. The maximum absolute atomic E-state index is 5.51. The first-order chi connectivity index (χ1) is 13.8. The molecule has 4 nitrogen and oxygen atoms in total. The van der Waals surface area contributed by atoms with Crippen LogP contribution in [0.15, 0.2) is 71.6 Å². The Morgan fingerprint density at radius 2 is 1.96 bits per heavy atom. The molecule has 144 valence electrons. The minimum Gasteiger partial charge on any atom is -0.468 e. The second-order valence-corrected chi connectivity index (χ2v) is 8.22. The second-order valence-electron chi connectivity index (χ2n) is 8.22. The van der Waals surface area contributed by atoms with E-state index in [-0.39, 0.29) is 0 Å². The van der Waals surface area contributed by atoms with Gasteiger partial charge in [-0.15, -0.1) is 0 Å². The average Bonchev–Trinajstić information content (AvgIpc) is 3.36. The van der Waals surface area contributed by atoms with Crippen LogP contribution >= 0.6 is 0 Å². The number of piperidine rings is 1. The van der Waals surface area contributed by atoms with Crippen LogP contribution in [0.4, 0.5) is 0 Å². The minimum absolute atomic E-state index is 0.308. The lowest BCUT2D eigenvalue weighted by Gasteiger charge is -2.40. The Balaban J connectivity index is 1.29. The highest BCUT2D eigenvalue weighted by Gasteiger charge is 2.45. The molecule has 0 unspecified atom stereocenters. The van der Waals surface area contributed by atoms with E-state index < -0.39 is 0 Å². The van der Waals surface area contributed by atoms with Gasteiger partial charge >= 0.3 is 0 Å². The van der Waals surface area contributed by atoms with Gasteiger partial charge in [0.15, 0.2) is 0 Å². The van der Waals surface area contributed by atoms with Crippen LogP contribution < -0.4 is 5.32 Å². The van der Waals surface area contributed by atoms with Crippen LogP contribution in [0.3, 0.4) is 0 Å². The molecule has 1 aromatic carbocycles. The molecule has 5 rings (SSSR count). The van der Waals surface area contributed by atoms with E-state index in [2.05, 4.69) is 45.5 Å². The molecule has 1 spiro atoms. The lowest BCUT2D eigenvalue weighted by atomic mass is 9.73. The van der Waals surface area contributed by atoms with Crippen molar-refractivity contribution in [3.05, 3.63) is 89.6 Å². The summed E-state index contributed by atoms with van der Waals surface area (Å²) in [5.41, 5.74) is 4.66. The summed E-state index contributed by atoms with van der Waals surface area (Å²) in [6.45, 7) is 4.09. The van der Waals surface area contributed by atoms with Gasteiger partial charge in [0, 0.05) is 25.0 Å². The molecular formula is C24H27N3O. The largest absolute Gasteiger partial charge is 0.468 e. The molecular weight excluding hydrogens is 346 g/mol. The zero-order valence-electron chi connectivity index (χ0n) is 16.2. The van der Waals surface area contributed by atoms with E-state index in [0.29, 0.717) is 11.5 Å². The van der Waals surface area contributed by atoms with Crippen molar-refractivity contribution in [1.29, 1.82) is 0 Å². The summed E-state index contributed by atoms with van der Waals surface area (Å²) in [4.78, 5) is 6.84. The van der Waals surface area contributed by atoms with Crippen LogP contribution in [0.25, 0.3) is 0 Å². The zero-order valence-corrected chi connectivity index (χ0v) is 16.2. The third-order valence-corrected chi connectivity index (χ3v) is 6.55. The van der Waals surface area contributed by atoms with E-state index in [0.717, 1.165) is 31.9 Å². The number of nitrogens with one attached hydrogen (secondary N) is 1. The van der Waals surface area contributed by atoms with Crippen LogP contribution in [0, 0.1) is 0 Å². The maximum Gasteiger partial charge on any atom is 0.117 e. The van der Waals surface area contributed by atoms with Crippen molar-refractivity contribution in [3.8, 4) is 0 Å². The van der Waals surface area contributed by atoms with E-state index in [1.165, 1.54) is 30.4 Å². The van der Waals surface area contributed by atoms with Crippen molar-refractivity contribution in [1.82, 2.24) is 15.2 Å².